The smallest absolute Gasteiger partial charge is 0.262 e. The SMILES string of the molecule is CN(C(=O)CNC(=O)c1cc(F)ccc1OCC(=O)Nc1ccc(Br)cc1)c1ccccc1. The fraction of sp³-hybridized carbons (Fsp3) is 0.125. The quantitative estimate of drug-likeness (QED) is 0.476. The van der Waals surface area contributed by atoms with E-state index in [-0.39, 0.29) is 23.8 Å². The van der Waals surface area contributed by atoms with Crippen molar-refractivity contribution in [1.82, 2.24) is 5.32 Å². The van der Waals surface area contributed by atoms with E-state index in [1.165, 1.54) is 11.0 Å². The zero-order valence-corrected chi connectivity index (χ0v) is 19.3. The molecule has 0 radical (unpaired) electrons. The number of halogens is 2. The predicted molar refractivity (Wildman–Crippen MR) is 127 cm³/mol. The largest absolute Gasteiger partial charge is 0.483 e. The van der Waals surface area contributed by atoms with Crippen LogP contribution in [0.15, 0.2) is 77.3 Å². The van der Waals surface area contributed by atoms with Gasteiger partial charge in [0, 0.05) is 22.9 Å². The molecule has 2 N–H and O–H groups in total. The summed E-state index contributed by atoms with van der Waals surface area (Å²) in [5, 5.41) is 5.13. The van der Waals surface area contributed by atoms with Crippen LogP contribution in [0.2, 0.25) is 0 Å². The Labute approximate surface area is 198 Å². The van der Waals surface area contributed by atoms with E-state index >= 15 is 0 Å². The van der Waals surface area contributed by atoms with E-state index in [2.05, 4.69) is 26.6 Å². The predicted octanol–water partition coefficient (Wildman–Crippen LogP) is 4.00. The fourth-order valence-corrected chi connectivity index (χ4v) is 3.11. The number of rotatable bonds is 8. The highest BCUT2D eigenvalue weighted by Crippen LogP contribution is 2.20. The molecule has 7 nitrogen and oxygen atoms in total. The van der Waals surface area contributed by atoms with Crippen LogP contribution >= 0.6 is 15.9 Å². The van der Waals surface area contributed by atoms with Crippen LogP contribution < -0.4 is 20.3 Å². The molecule has 0 saturated carbocycles. The van der Waals surface area contributed by atoms with Gasteiger partial charge in [-0.2, -0.15) is 0 Å². The first kappa shape index (κ1) is 23.9. The average molecular weight is 514 g/mol. The molecule has 0 aliphatic heterocycles. The topological polar surface area (TPSA) is 87.7 Å². The number of hydrogen-bond donors (Lipinski definition) is 2. The number of nitrogens with one attached hydrogen (secondary N) is 2. The molecule has 0 heterocycles. The molecule has 0 aromatic heterocycles. The van der Waals surface area contributed by atoms with E-state index in [1.807, 2.05) is 6.07 Å². The van der Waals surface area contributed by atoms with Gasteiger partial charge < -0.3 is 20.3 Å². The first-order chi connectivity index (χ1) is 15.8. The maximum absolute atomic E-state index is 13.8. The van der Waals surface area contributed by atoms with Gasteiger partial charge in [-0.05, 0) is 54.6 Å². The zero-order chi connectivity index (χ0) is 23.8. The number of likely N-dealkylation sites (N-methyl/N-ethyl adjacent to an activating group) is 1. The Hall–Kier alpha value is -3.72. The van der Waals surface area contributed by atoms with E-state index in [9.17, 15) is 18.8 Å². The summed E-state index contributed by atoms with van der Waals surface area (Å²) >= 11 is 3.31. The molecule has 0 aliphatic carbocycles. The summed E-state index contributed by atoms with van der Waals surface area (Å²) in [4.78, 5) is 38.6. The van der Waals surface area contributed by atoms with Crippen LogP contribution in [0.25, 0.3) is 0 Å². The van der Waals surface area contributed by atoms with Crippen molar-refractivity contribution in [3.05, 3.63) is 88.6 Å². The molecular formula is C24H21BrFN3O4. The van der Waals surface area contributed by atoms with E-state index < -0.39 is 24.2 Å². The Bertz CT molecular complexity index is 1140. The molecule has 0 spiro atoms. The van der Waals surface area contributed by atoms with Crippen LogP contribution in [0, 0.1) is 5.82 Å². The van der Waals surface area contributed by atoms with Gasteiger partial charge in [0.1, 0.15) is 11.6 Å². The second kappa shape index (κ2) is 11.2. The number of benzene rings is 3. The van der Waals surface area contributed by atoms with Crippen molar-refractivity contribution in [2.45, 2.75) is 0 Å². The second-order valence-corrected chi connectivity index (χ2v) is 7.87. The van der Waals surface area contributed by atoms with Crippen LogP contribution in [0.5, 0.6) is 5.75 Å². The lowest BCUT2D eigenvalue weighted by molar-refractivity contribution is -0.118. The van der Waals surface area contributed by atoms with Gasteiger partial charge in [-0.3, -0.25) is 14.4 Å². The first-order valence-electron chi connectivity index (χ1n) is 9.91. The second-order valence-electron chi connectivity index (χ2n) is 6.96. The highest BCUT2D eigenvalue weighted by molar-refractivity contribution is 9.10. The Morgan fingerprint density at radius 2 is 1.70 bits per heavy atom. The molecule has 0 unspecified atom stereocenters. The third kappa shape index (κ3) is 6.88. The Morgan fingerprint density at radius 3 is 2.39 bits per heavy atom. The molecule has 0 saturated heterocycles. The molecular weight excluding hydrogens is 493 g/mol. The molecule has 3 rings (SSSR count). The third-order valence-corrected chi connectivity index (χ3v) is 5.12. The lowest BCUT2D eigenvalue weighted by Crippen LogP contribution is -2.38. The van der Waals surface area contributed by atoms with E-state index in [4.69, 9.17) is 4.74 Å². The minimum Gasteiger partial charge on any atom is -0.483 e. The van der Waals surface area contributed by atoms with Crippen LogP contribution in [-0.4, -0.2) is 37.9 Å². The summed E-state index contributed by atoms with van der Waals surface area (Å²) in [6.45, 7) is -0.693. The van der Waals surface area contributed by atoms with Gasteiger partial charge in [-0.15, -0.1) is 0 Å². The summed E-state index contributed by atoms with van der Waals surface area (Å²) < 4.78 is 20.1. The summed E-state index contributed by atoms with van der Waals surface area (Å²) in [6, 6.07) is 19.3. The van der Waals surface area contributed by atoms with Gasteiger partial charge in [0.15, 0.2) is 6.61 Å². The fourth-order valence-electron chi connectivity index (χ4n) is 2.84. The van der Waals surface area contributed by atoms with Crippen molar-refractivity contribution in [1.29, 1.82) is 0 Å². The number of nitrogens with zero attached hydrogens (tertiary/aromatic N) is 1. The van der Waals surface area contributed by atoms with E-state index in [1.54, 1.807) is 55.6 Å². The van der Waals surface area contributed by atoms with Gasteiger partial charge in [-0.25, -0.2) is 4.39 Å². The van der Waals surface area contributed by atoms with Gasteiger partial charge in [0.05, 0.1) is 12.1 Å². The molecule has 170 valence electrons. The van der Waals surface area contributed by atoms with Crippen molar-refractivity contribution >= 4 is 45.0 Å². The molecule has 3 aromatic carbocycles. The van der Waals surface area contributed by atoms with Crippen molar-refractivity contribution in [3.8, 4) is 5.75 Å². The number of para-hydroxylation sites is 1. The third-order valence-electron chi connectivity index (χ3n) is 4.59. The Kier molecular flexibility index (Phi) is 8.15. The minimum absolute atomic E-state index is 0.0173. The molecule has 3 aromatic rings. The van der Waals surface area contributed by atoms with E-state index in [0.717, 1.165) is 16.6 Å². The van der Waals surface area contributed by atoms with E-state index in [0.29, 0.717) is 11.4 Å². The molecule has 0 atom stereocenters. The molecule has 9 heteroatoms. The lowest BCUT2D eigenvalue weighted by atomic mass is 10.2. The van der Waals surface area contributed by atoms with Gasteiger partial charge in [-0.1, -0.05) is 34.1 Å². The Morgan fingerprint density at radius 1 is 1.00 bits per heavy atom. The highest BCUT2D eigenvalue weighted by atomic mass is 79.9. The van der Waals surface area contributed by atoms with Crippen molar-refractivity contribution in [2.75, 3.05) is 30.4 Å². The maximum Gasteiger partial charge on any atom is 0.262 e. The standard InChI is InChI=1S/C24H21BrFN3O4/c1-29(19-5-3-2-4-6-19)23(31)14-27-24(32)20-13-17(26)9-12-21(20)33-15-22(30)28-18-10-7-16(25)8-11-18/h2-13H,14-15H2,1H3,(H,27,32)(H,28,30). The molecule has 33 heavy (non-hydrogen) atoms. The van der Waals surface area contributed by atoms with Crippen LogP contribution in [0.4, 0.5) is 15.8 Å². The molecule has 0 fully saturated rings. The monoisotopic (exact) mass is 513 g/mol. The number of anilines is 2. The number of amides is 3. The summed E-state index contributed by atoms with van der Waals surface area (Å²) in [6.07, 6.45) is 0. The average Bonchev–Trinajstić information content (AvgIpc) is 2.83. The molecule has 0 aliphatic rings. The molecule has 3 amide bonds. The van der Waals surface area contributed by atoms with Gasteiger partial charge in [0.25, 0.3) is 11.8 Å². The minimum atomic E-state index is -0.701. The maximum atomic E-state index is 13.8. The normalized spacial score (nSPS) is 10.3. The number of ether oxygens (including phenoxy) is 1. The summed E-state index contributed by atoms with van der Waals surface area (Å²) in [5.74, 6) is -2.15. The van der Waals surface area contributed by atoms with Crippen molar-refractivity contribution in [3.63, 3.8) is 0 Å². The van der Waals surface area contributed by atoms with Crippen LogP contribution in [0.1, 0.15) is 10.4 Å². The lowest BCUT2D eigenvalue weighted by Gasteiger charge is -2.18. The van der Waals surface area contributed by atoms with Crippen molar-refractivity contribution < 1.29 is 23.5 Å². The highest BCUT2D eigenvalue weighted by Gasteiger charge is 2.18. The van der Waals surface area contributed by atoms with Crippen molar-refractivity contribution in [2.24, 2.45) is 0 Å². The number of carbonyl (C=O) groups excluding carboxylic acids is 3. The zero-order valence-electron chi connectivity index (χ0n) is 17.7. The van der Waals surface area contributed by atoms with Gasteiger partial charge in [0.2, 0.25) is 5.91 Å². The Balaban J connectivity index is 1.60. The van der Waals surface area contributed by atoms with Gasteiger partial charge >= 0.3 is 0 Å². The number of hydrogen-bond acceptors (Lipinski definition) is 4. The summed E-state index contributed by atoms with van der Waals surface area (Å²) in [5.41, 5.74) is 1.12. The molecule has 0 bridgehead atoms. The number of carbonyl (C=O) groups is 3. The van der Waals surface area contributed by atoms with Crippen LogP contribution in [0.3, 0.4) is 0 Å². The van der Waals surface area contributed by atoms with Crippen LogP contribution in [-0.2, 0) is 9.59 Å². The first-order valence-corrected chi connectivity index (χ1v) is 10.7. The summed E-state index contributed by atoms with van der Waals surface area (Å²) in [7, 11) is 1.59.